The molecule has 1 aromatic carbocycles. The van der Waals surface area contributed by atoms with Gasteiger partial charge in [-0.25, -0.2) is 14.8 Å². The Bertz CT molecular complexity index is 2160. The molecule has 208 valence electrons. The predicted molar refractivity (Wildman–Crippen MR) is 162 cm³/mol. The van der Waals surface area contributed by atoms with Gasteiger partial charge in [-0.05, 0) is 48.7 Å². The van der Waals surface area contributed by atoms with Crippen LogP contribution in [0.3, 0.4) is 0 Å². The Labute approximate surface area is 240 Å². The lowest BCUT2D eigenvalue weighted by Gasteiger charge is -2.13. The molecule has 1 aliphatic carbocycles. The molecule has 6 heterocycles. The van der Waals surface area contributed by atoms with Crippen molar-refractivity contribution in [3.63, 3.8) is 0 Å². The number of rotatable bonds is 5. The lowest BCUT2D eigenvalue weighted by Crippen LogP contribution is -2.24. The maximum atomic E-state index is 13.7. The Morgan fingerprint density at radius 2 is 1.79 bits per heavy atom. The molecule has 0 bridgehead atoms. The van der Waals surface area contributed by atoms with Crippen LogP contribution >= 0.6 is 0 Å². The van der Waals surface area contributed by atoms with E-state index in [1.54, 1.807) is 23.2 Å². The highest BCUT2D eigenvalue weighted by Crippen LogP contribution is 2.43. The van der Waals surface area contributed by atoms with Gasteiger partial charge >= 0.3 is 5.69 Å². The van der Waals surface area contributed by atoms with Crippen molar-refractivity contribution in [1.82, 2.24) is 38.9 Å². The van der Waals surface area contributed by atoms with E-state index < -0.39 is 0 Å². The SMILES string of the molecule is Cn1ncc2cc(-c3c(-c4ccc(Oc5cccnc5)nc4)[nH]c4ncc5c(c34)n(C3CCCC3)c(=O)n5C)ccc21. The second-order valence-electron chi connectivity index (χ2n) is 11.0. The number of hydrogen-bond donors (Lipinski definition) is 1. The number of benzene rings is 1. The molecule has 1 saturated carbocycles. The number of aryl methyl sites for hydroxylation is 2. The molecule has 0 amide bonds. The predicted octanol–water partition coefficient (Wildman–Crippen LogP) is 6.13. The largest absolute Gasteiger partial charge is 0.437 e. The maximum absolute atomic E-state index is 13.7. The zero-order valence-corrected chi connectivity index (χ0v) is 23.3. The number of H-pyrrole nitrogens is 1. The molecule has 0 unspecified atom stereocenters. The average Bonchev–Trinajstić information content (AvgIpc) is 3.80. The normalized spacial score (nSPS) is 14.0. The molecule has 6 aromatic heterocycles. The number of fused-ring (bicyclic) bond motifs is 4. The fraction of sp³-hybridized carbons (Fsp3) is 0.219. The summed E-state index contributed by atoms with van der Waals surface area (Å²) in [6.45, 7) is 0. The van der Waals surface area contributed by atoms with Crippen molar-refractivity contribution in [2.24, 2.45) is 14.1 Å². The number of imidazole rings is 1. The first-order valence-electron chi connectivity index (χ1n) is 14.1. The zero-order chi connectivity index (χ0) is 28.4. The van der Waals surface area contributed by atoms with Crippen molar-refractivity contribution >= 4 is 33.0 Å². The zero-order valence-electron chi connectivity index (χ0n) is 23.3. The maximum Gasteiger partial charge on any atom is 0.329 e. The number of hydrogen-bond acceptors (Lipinski definition) is 6. The summed E-state index contributed by atoms with van der Waals surface area (Å²) >= 11 is 0. The van der Waals surface area contributed by atoms with E-state index in [9.17, 15) is 4.79 Å². The molecule has 1 N–H and O–H groups in total. The average molecular weight is 557 g/mol. The molecule has 0 radical (unpaired) electrons. The summed E-state index contributed by atoms with van der Waals surface area (Å²) in [6.07, 6.45) is 13.1. The van der Waals surface area contributed by atoms with Crippen molar-refractivity contribution in [2.75, 3.05) is 0 Å². The van der Waals surface area contributed by atoms with Crippen LogP contribution in [0.5, 0.6) is 11.6 Å². The van der Waals surface area contributed by atoms with Crippen LogP contribution in [0.2, 0.25) is 0 Å². The summed E-state index contributed by atoms with van der Waals surface area (Å²) in [4.78, 5) is 30.8. The van der Waals surface area contributed by atoms with Gasteiger partial charge in [-0.15, -0.1) is 0 Å². The smallest absolute Gasteiger partial charge is 0.329 e. The van der Waals surface area contributed by atoms with Crippen LogP contribution in [0.4, 0.5) is 0 Å². The van der Waals surface area contributed by atoms with E-state index >= 15 is 0 Å². The fourth-order valence-corrected chi connectivity index (χ4v) is 6.42. The highest BCUT2D eigenvalue weighted by atomic mass is 16.5. The van der Waals surface area contributed by atoms with Crippen LogP contribution in [-0.2, 0) is 14.1 Å². The molecule has 0 aliphatic heterocycles. The van der Waals surface area contributed by atoms with E-state index in [2.05, 4.69) is 38.2 Å². The Hall–Kier alpha value is -5.25. The van der Waals surface area contributed by atoms with E-state index in [1.165, 1.54) is 0 Å². The number of aromatic nitrogens is 8. The van der Waals surface area contributed by atoms with E-state index in [0.29, 0.717) is 11.6 Å². The molecule has 0 saturated heterocycles. The number of pyridine rings is 3. The standard InChI is InChI=1S/C32H28N8O2/c1-38-25-18-35-31-28(30(25)40(32(38)41)22-6-3-4-7-22)27(19-9-11-24-21(14-19)16-36-39(24)2)29(37-31)20-10-12-26(34-15-20)42-23-8-5-13-33-17-23/h5,8-18,22H,3-4,6-7H2,1-2H3,(H,35,37). The van der Waals surface area contributed by atoms with Crippen LogP contribution in [0.25, 0.3) is 55.4 Å². The van der Waals surface area contributed by atoms with Crippen LogP contribution in [0.15, 0.2) is 78.2 Å². The fourth-order valence-electron chi connectivity index (χ4n) is 6.42. The van der Waals surface area contributed by atoms with Crippen molar-refractivity contribution in [2.45, 2.75) is 31.7 Å². The van der Waals surface area contributed by atoms with Crippen LogP contribution < -0.4 is 10.4 Å². The topological polar surface area (TPSA) is 108 Å². The highest BCUT2D eigenvalue weighted by molar-refractivity contribution is 6.14. The van der Waals surface area contributed by atoms with Crippen molar-refractivity contribution in [3.05, 3.63) is 83.9 Å². The van der Waals surface area contributed by atoms with E-state index in [4.69, 9.17) is 9.72 Å². The molecule has 0 spiro atoms. The number of nitrogens with one attached hydrogen (secondary N) is 1. The van der Waals surface area contributed by atoms with Gasteiger partial charge in [-0.3, -0.25) is 18.8 Å². The number of nitrogens with zero attached hydrogens (tertiary/aromatic N) is 7. The first-order valence-corrected chi connectivity index (χ1v) is 14.1. The quantitative estimate of drug-likeness (QED) is 0.273. The Balaban J connectivity index is 1.39. The molecule has 10 nitrogen and oxygen atoms in total. The van der Waals surface area contributed by atoms with Crippen molar-refractivity contribution in [1.29, 1.82) is 0 Å². The molecule has 1 aliphatic rings. The minimum atomic E-state index is 0.00109. The minimum Gasteiger partial charge on any atom is -0.437 e. The molecule has 7 aromatic rings. The second kappa shape index (κ2) is 9.41. The molecule has 10 heteroatoms. The number of ether oxygens (including phenoxy) is 1. The summed E-state index contributed by atoms with van der Waals surface area (Å²) in [6, 6.07) is 14.0. The minimum absolute atomic E-state index is 0.00109. The molecule has 1 fully saturated rings. The monoisotopic (exact) mass is 556 g/mol. The first kappa shape index (κ1) is 24.5. The van der Waals surface area contributed by atoms with E-state index in [0.717, 1.165) is 81.0 Å². The summed E-state index contributed by atoms with van der Waals surface area (Å²) < 4.78 is 11.5. The third kappa shape index (κ3) is 3.75. The molecule has 0 atom stereocenters. The third-order valence-corrected chi connectivity index (χ3v) is 8.48. The molecule has 42 heavy (non-hydrogen) atoms. The van der Waals surface area contributed by atoms with Crippen LogP contribution in [-0.4, -0.2) is 38.9 Å². The summed E-state index contributed by atoms with van der Waals surface area (Å²) in [5.41, 5.74) is 7.27. The summed E-state index contributed by atoms with van der Waals surface area (Å²) in [5, 5.41) is 6.43. The third-order valence-electron chi connectivity index (χ3n) is 8.48. The van der Waals surface area contributed by atoms with Gasteiger partial charge in [0.15, 0.2) is 0 Å². The highest BCUT2D eigenvalue weighted by Gasteiger charge is 2.27. The van der Waals surface area contributed by atoms with E-state index in [-0.39, 0.29) is 11.7 Å². The van der Waals surface area contributed by atoms with Gasteiger partial charge in [-0.1, -0.05) is 18.9 Å². The Kier molecular flexibility index (Phi) is 5.50. The lowest BCUT2D eigenvalue weighted by molar-refractivity contribution is 0.461. The Morgan fingerprint density at radius 3 is 2.57 bits per heavy atom. The van der Waals surface area contributed by atoms with Gasteiger partial charge in [0, 0.05) is 55.1 Å². The van der Waals surface area contributed by atoms with Crippen LogP contribution in [0.1, 0.15) is 31.7 Å². The van der Waals surface area contributed by atoms with Gasteiger partial charge < -0.3 is 9.72 Å². The van der Waals surface area contributed by atoms with Crippen molar-refractivity contribution < 1.29 is 4.74 Å². The van der Waals surface area contributed by atoms with Gasteiger partial charge in [0.1, 0.15) is 11.4 Å². The summed E-state index contributed by atoms with van der Waals surface area (Å²) in [7, 11) is 3.78. The van der Waals surface area contributed by atoms with Gasteiger partial charge in [0.05, 0.1) is 46.2 Å². The Morgan fingerprint density at radius 1 is 0.929 bits per heavy atom. The van der Waals surface area contributed by atoms with Crippen molar-refractivity contribution in [3.8, 4) is 34.0 Å². The second-order valence-corrected chi connectivity index (χ2v) is 11.0. The lowest BCUT2D eigenvalue weighted by atomic mass is 9.98. The molecule has 8 rings (SSSR count). The molecular weight excluding hydrogens is 528 g/mol. The van der Waals surface area contributed by atoms with Crippen LogP contribution in [0, 0.1) is 0 Å². The van der Waals surface area contributed by atoms with E-state index in [1.807, 2.05) is 60.0 Å². The number of aromatic amines is 1. The summed E-state index contributed by atoms with van der Waals surface area (Å²) in [5.74, 6) is 1.09. The first-order chi connectivity index (χ1) is 20.6. The van der Waals surface area contributed by atoms with Gasteiger partial charge in [0.2, 0.25) is 5.88 Å². The van der Waals surface area contributed by atoms with Gasteiger partial charge in [0.25, 0.3) is 0 Å². The molecular formula is C32H28N8O2. The van der Waals surface area contributed by atoms with Gasteiger partial charge in [-0.2, -0.15) is 5.10 Å².